The first-order valence-corrected chi connectivity index (χ1v) is 9.47. The van der Waals surface area contributed by atoms with Gasteiger partial charge in [0.2, 0.25) is 0 Å². The molecule has 0 saturated carbocycles. The normalized spacial score (nSPS) is 9.94. The summed E-state index contributed by atoms with van der Waals surface area (Å²) in [7, 11) is 5.79. The van der Waals surface area contributed by atoms with Crippen LogP contribution in [0.1, 0.15) is 41.5 Å². The molecule has 16 heavy (non-hydrogen) atoms. The first-order chi connectivity index (χ1) is 6.90. The summed E-state index contributed by atoms with van der Waals surface area (Å²) >= 11 is -0.688. The Hall–Kier alpha value is 1.07. The van der Waals surface area contributed by atoms with Crippen LogP contribution < -0.4 is 0 Å². The summed E-state index contributed by atoms with van der Waals surface area (Å²) in [5.41, 5.74) is 0. The summed E-state index contributed by atoms with van der Waals surface area (Å²) in [6.45, 7) is 17.9. The van der Waals surface area contributed by atoms with Crippen molar-refractivity contribution in [2.24, 2.45) is 0 Å². The minimum absolute atomic E-state index is 0. The summed E-state index contributed by atoms with van der Waals surface area (Å²) in [5, 5.41) is 2.47. The van der Waals surface area contributed by atoms with Gasteiger partial charge in [0.05, 0.1) is 0 Å². The van der Waals surface area contributed by atoms with E-state index in [1.807, 2.05) is 0 Å². The molecule has 0 bridgehead atoms. The number of hydrogen-bond donors (Lipinski definition) is 0. The molecule has 0 amide bonds. The summed E-state index contributed by atoms with van der Waals surface area (Å²) in [6.07, 6.45) is 0. The second-order valence-corrected chi connectivity index (χ2v) is 9.02. The SMILES string of the molecule is C[CH2][Al]([Cl])[CH2]C.Cl.[CH2]CN(C(C)C)C(C)C. The highest BCUT2D eigenvalue weighted by atomic mass is 35.6. The molecule has 0 aromatic carbocycles. The maximum Gasteiger partial charge on any atom is 0.399 e. The van der Waals surface area contributed by atoms with E-state index in [4.69, 9.17) is 10.0 Å². The highest BCUT2D eigenvalue weighted by molar-refractivity contribution is 7.06. The Morgan fingerprint density at radius 3 is 1.38 bits per heavy atom. The lowest BCUT2D eigenvalue weighted by Crippen LogP contribution is -2.36. The monoisotopic (exact) mass is 284 g/mol. The number of halogens is 2. The highest BCUT2D eigenvalue weighted by Crippen LogP contribution is 2.02. The third kappa shape index (κ3) is 13.1. The summed E-state index contributed by atoms with van der Waals surface area (Å²) in [4.78, 5) is 2.35. The fourth-order valence-electron chi connectivity index (χ4n) is 1.40. The maximum atomic E-state index is 5.79. The predicted octanol–water partition coefficient (Wildman–Crippen LogP) is 4.62. The number of hydrogen-bond acceptors (Lipinski definition) is 1. The van der Waals surface area contributed by atoms with E-state index in [2.05, 4.69) is 53.4 Å². The van der Waals surface area contributed by atoms with Gasteiger partial charge in [-0.3, -0.25) is 14.9 Å². The largest absolute Gasteiger partial charge is 0.399 e. The van der Waals surface area contributed by atoms with Gasteiger partial charge in [0.1, 0.15) is 0 Å². The van der Waals surface area contributed by atoms with Crippen molar-refractivity contribution in [3.8, 4) is 0 Å². The van der Waals surface area contributed by atoms with Crippen LogP contribution in [0.2, 0.25) is 10.6 Å². The molecule has 0 unspecified atom stereocenters. The van der Waals surface area contributed by atoms with E-state index in [1.54, 1.807) is 0 Å². The summed E-state index contributed by atoms with van der Waals surface area (Å²) < 4.78 is 0. The molecule has 0 N–H and O–H groups in total. The zero-order chi connectivity index (χ0) is 12.4. The molecule has 1 radical (unpaired) electrons. The van der Waals surface area contributed by atoms with Crippen LogP contribution in [-0.4, -0.2) is 36.8 Å². The van der Waals surface area contributed by atoms with Gasteiger partial charge in [-0.15, -0.1) is 12.4 Å². The second kappa shape index (κ2) is 14.1. The molecular formula is C12H29AlCl2N. The lowest BCUT2D eigenvalue weighted by Gasteiger charge is -2.28. The maximum absolute atomic E-state index is 5.79. The molecule has 0 heterocycles. The van der Waals surface area contributed by atoms with E-state index in [0.29, 0.717) is 12.1 Å². The van der Waals surface area contributed by atoms with Gasteiger partial charge in [-0.1, -0.05) is 24.4 Å². The van der Waals surface area contributed by atoms with Crippen molar-refractivity contribution in [1.82, 2.24) is 4.90 Å². The number of rotatable bonds is 5. The second-order valence-electron chi connectivity index (χ2n) is 4.34. The Kier molecular flexibility index (Phi) is 19.7. The average Bonchev–Trinajstić information content (AvgIpc) is 2.17. The molecule has 0 aliphatic carbocycles. The lowest BCUT2D eigenvalue weighted by atomic mass is 10.2. The van der Waals surface area contributed by atoms with Gasteiger partial charge in [0.15, 0.2) is 0 Å². The Morgan fingerprint density at radius 1 is 1.06 bits per heavy atom. The van der Waals surface area contributed by atoms with Crippen molar-refractivity contribution in [1.29, 1.82) is 0 Å². The van der Waals surface area contributed by atoms with Crippen LogP contribution in [0.4, 0.5) is 0 Å². The van der Waals surface area contributed by atoms with Gasteiger partial charge >= 0.3 is 13.2 Å². The zero-order valence-electron chi connectivity index (χ0n) is 11.8. The van der Waals surface area contributed by atoms with E-state index in [9.17, 15) is 0 Å². The van der Waals surface area contributed by atoms with Crippen molar-refractivity contribution < 1.29 is 0 Å². The van der Waals surface area contributed by atoms with Crippen LogP contribution >= 0.6 is 22.5 Å². The summed E-state index contributed by atoms with van der Waals surface area (Å²) in [5.74, 6) is 0. The third-order valence-electron chi connectivity index (χ3n) is 2.47. The minimum atomic E-state index is -0.688. The molecule has 0 aromatic heterocycles. The fraction of sp³-hybridized carbons (Fsp3) is 0.917. The van der Waals surface area contributed by atoms with Gasteiger partial charge in [0, 0.05) is 12.1 Å². The van der Waals surface area contributed by atoms with Crippen molar-refractivity contribution in [3.63, 3.8) is 0 Å². The topological polar surface area (TPSA) is 3.24 Å². The molecule has 0 aliphatic rings. The molecular weight excluding hydrogens is 256 g/mol. The van der Waals surface area contributed by atoms with Crippen LogP contribution in [0.15, 0.2) is 0 Å². The minimum Gasteiger partial charge on any atom is -0.299 e. The van der Waals surface area contributed by atoms with Crippen LogP contribution in [0, 0.1) is 6.92 Å². The molecule has 4 heteroatoms. The van der Waals surface area contributed by atoms with E-state index < -0.39 is 13.2 Å². The van der Waals surface area contributed by atoms with E-state index in [1.165, 1.54) is 10.6 Å². The molecule has 0 spiro atoms. The van der Waals surface area contributed by atoms with Gasteiger partial charge in [-0.2, -0.15) is 0 Å². The van der Waals surface area contributed by atoms with E-state index in [-0.39, 0.29) is 12.4 Å². The molecule has 0 aliphatic heterocycles. The van der Waals surface area contributed by atoms with Crippen molar-refractivity contribution in [2.75, 3.05) is 6.54 Å². The molecule has 0 rings (SSSR count). The third-order valence-corrected chi connectivity index (χ3v) is 6.09. The molecule has 0 aromatic rings. The smallest absolute Gasteiger partial charge is 0.299 e. The zero-order valence-corrected chi connectivity index (χ0v) is 14.5. The van der Waals surface area contributed by atoms with Crippen molar-refractivity contribution in [2.45, 2.75) is 64.2 Å². The van der Waals surface area contributed by atoms with Crippen LogP contribution in [-0.2, 0) is 0 Å². The van der Waals surface area contributed by atoms with Crippen LogP contribution in [0.25, 0.3) is 0 Å². The van der Waals surface area contributed by atoms with Gasteiger partial charge in [-0.25, -0.2) is 0 Å². The van der Waals surface area contributed by atoms with E-state index >= 15 is 0 Å². The molecule has 0 saturated heterocycles. The van der Waals surface area contributed by atoms with Crippen LogP contribution in [0.5, 0.6) is 0 Å². The first kappa shape index (κ1) is 22.3. The molecule has 0 atom stereocenters. The lowest BCUT2D eigenvalue weighted by molar-refractivity contribution is 0.195. The average molecular weight is 285 g/mol. The molecule has 99 valence electrons. The first-order valence-electron chi connectivity index (χ1n) is 6.09. The fourth-order valence-corrected chi connectivity index (χ4v) is 1.98. The van der Waals surface area contributed by atoms with Gasteiger partial charge < -0.3 is 0 Å². The standard InChI is InChI=1S/C8H18N.2C2H5.Al.2ClH/c1-6-9(7(2)3)8(4)5;2*1-2;;;/h7-8H,1,6H2,2-5H3;2*1H2,2H3;;2*1H/q;;;+1;;/p-1. The van der Waals surface area contributed by atoms with Crippen LogP contribution in [0.3, 0.4) is 0 Å². The van der Waals surface area contributed by atoms with Gasteiger partial charge in [-0.05, 0) is 41.2 Å². The van der Waals surface area contributed by atoms with Gasteiger partial charge in [0.25, 0.3) is 0 Å². The van der Waals surface area contributed by atoms with E-state index in [0.717, 1.165) is 6.54 Å². The number of nitrogens with zero attached hydrogens (tertiary/aromatic N) is 1. The Morgan fingerprint density at radius 2 is 1.38 bits per heavy atom. The predicted molar refractivity (Wildman–Crippen MR) is 82.2 cm³/mol. The van der Waals surface area contributed by atoms with Crippen molar-refractivity contribution >= 4 is 35.7 Å². The molecule has 1 nitrogen and oxygen atoms in total. The Labute approximate surface area is 118 Å². The molecule has 0 fully saturated rings. The summed E-state index contributed by atoms with van der Waals surface area (Å²) in [6, 6.07) is 1.25. The highest BCUT2D eigenvalue weighted by Gasteiger charge is 2.09. The van der Waals surface area contributed by atoms with Crippen molar-refractivity contribution in [3.05, 3.63) is 6.92 Å². The Balaban J connectivity index is -0.000000214. The quantitative estimate of drug-likeness (QED) is 0.666. The Bertz CT molecular complexity index is 120.